The van der Waals surface area contributed by atoms with Gasteiger partial charge in [-0.05, 0) is 61.9 Å². The highest BCUT2D eigenvalue weighted by molar-refractivity contribution is 8.00. The summed E-state index contributed by atoms with van der Waals surface area (Å²) in [7, 11) is 1.96. The van der Waals surface area contributed by atoms with E-state index in [-0.39, 0.29) is 5.91 Å². The first-order valence-electron chi connectivity index (χ1n) is 10.3. The first-order chi connectivity index (χ1) is 13.6. The molecule has 1 amide bonds. The van der Waals surface area contributed by atoms with Crippen molar-refractivity contribution in [1.82, 2.24) is 9.80 Å². The van der Waals surface area contributed by atoms with Crippen molar-refractivity contribution in [2.45, 2.75) is 31.1 Å². The summed E-state index contributed by atoms with van der Waals surface area (Å²) in [6.07, 6.45) is 3.57. The Kier molecular flexibility index (Phi) is 7.99. The van der Waals surface area contributed by atoms with Crippen LogP contribution in [0, 0.1) is 12.8 Å². The fourth-order valence-corrected chi connectivity index (χ4v) is 4.79. The quantitative estimate of drug-likeness (QED) is 0.614. The molecule has 150 valence electrons. The van der Waals surface area contributed by atoms with Crippen molar-refractivity contribution >= 4 is 17.7 Å². The Morgan fingerprint density at radius 3 is 2.68 bits per heavy atom. The van der Waals surface area contributed by atoms with Gasteiger partial charge in [-0.15, -0.1) is 11.8 Å². The number of carbonyl (C=O) groups excluding carboxylic acids is 1. The van der Waals surface area contributed by atoms with Crippen LogP contribution in [0.5, 0.6) is 0 Å². The van der Waals surface area contributed by atoms with Crippen molar-refractivity contribution in [3.05, 3.63) is 65.7 Å². The number of amides is 1. The number of hydrogen-bond acceptors (Lipinski definition) is 3. The molecule has 1 aliphatic heterocycles. The van der Waals surface area contributed by atoms with Gasteiger partial charge in [0.2, 0.25) is 5.91 Å². The Morgan fingerprint density at radius 2 is 1.89 bits per heavy atom. The van der Waals surface area contributed by atoms with Gasteiger partial charge in [-0.3, -0.25) is 4.79 Å². The van der Waals surface area contributed by atoms with E-state index in [1.165, 1.54) is 30.5 Å². The Hall–Kier alpha value is -1.78. The molecule has 3 rings (SSSR count). The fourth-order valence-electron chi connectivity index (χ4n) is 3.93. The van der Waals surface area contributed by atoms with Crippen molar-refractivity contribution in [3.63, 3.8) is 0 Å². The van der Waals surface area contributed by atoms with Gasteiger partial charge in [-0.1, -0.05) is 42.5 Å². The number of thioether (sulfide) groups is 1. The standard InChI is InChI=1S/C24H32N2OS/c1-20-9-6-7-11-22(20)14-16-26-15-8-10-21(18-26)17-25(2)24(27)19-28-23-12-4-3-5-13-23/h3-7,9,11-13,21H,8,10,14-19H2,1-2H3/t21-/m0/s1. The van der Waals surface area contributed by atoms with E-state index < -0.39 is 0 Å². The summed E-state index contributed by atoms with van der Waals surface area (Å²) in [5, 5.41) is 0. The Morgan fingerprint density at radius 1 is 1.14 bits per heavy atom. The molecule has 1 saturated heterocycles. The van der Waals surface area contributed by atoms with Crippen LogP contribution in [0.4, 0.5) is 0 Å². The maximum absolute atomic E-state index is 12.5. The highest BCUT2D eigenvalue weighted by Gasteiger charge is 2.22. The second-order valence-corrected chi connectivity index (χ2v) is 8.91. The van der Waals surface area contributed by atoms with Crippen molar-refractivity contribution in [1.29, 1.82) is 0 Å². The van der Waals surface area contributed by atoms with Crippen LogP contribution in [-0.4, -0.2) is 54.7 Å². The van der Waals surface area contributed by atoms with Crippen molar-refractivity contribution in [2.75, 3.05) is 39.0 Å². The van der Waals surface area contributed by atoms with Crippen LogP contribution in [0.25, 0.3) is 0 Å². The lowest BCUT2D eigenvalue weighted by Crippen LogP contribution is -2.42. The zero-order valence-corrected chi connectivity index (χ0v) is 18.0. The molecule has 28 heavy (non-hydrogen) atoms. The molecule has 1 fully saturated rings. The molecular formula is C24H32N2OS. The summed E-state index contributed by atoms with van der Waals surface area (Å²) in [6.45, 7) is 6.47. The molecule has 0 aliphatic carbocycles. The largest absolute Gasteiger partial charge is 0.345 e. The molecule has 2 aromatic carbocycles. The molecule has 0 aromatic heterocycles. The van der Waals surface area contributed by atoms with E-state index in [0.29, 0.717) is 11.7 Å². The van der Waals surface area contributed by atoms with Gasteiger partial charge in [0.1, 0.15) is 0 Å². The van der Waals surface area contributed by atoms with E-state index in [4.69, 9.17) is 0 Å². The molecule has 3 nitrogen and oxygen atoms in total. The summed E-state index contributed by atoms with van der Waals surface area (Å²) in [5.74, 6) is 1.33. The zero-order chi connectivity index (χ0) is 19.8. The van der Waals surface area contributed by atoms with Crippen LogP contribution in [-0.2, 0) is 11.2 Å². The first-order valence-corrected chi connectivity index (χ1v) is 11.3. The number of benzene rings is 2. The molecule has 1 aliphatic rings. The van der Waals surface area contributed by atoms with Crippen LogP contribution in [0.15, 0.2) is 59.5 Å². The van der Waals surface area contributed by atoms with E-state index in [9.17, 15) is 4.79 Å². The van der Waals surface area contributed by atoms with Crippen LogP contribution >= 0.6 is 11.8 Å². The molecule has 2 aromatic rings. The third kappa shape index (κ3) is 6.39. The molecular weight excluding hydrogens is 364 g/mol. The van der Waals surface area contributed by atoms with Gasteiger partial charge in [0, 0.05) is 31.6 Å². The minimum Gasteiger partial charge on any atom is -0.345 e. The number of hydrogen-bond donors (Lipinski definition) is 0. The minimum atomic E-state index is 0.228. The normalized spacial score (nSPS) is 17.4. The van der Waals surface area contributed by atoms with Gasteiger partial charge >= 0.3 is 0 Å². The first kappa shape index (κ1) is 20.9. The summed E-state index contributed by atoms with van der Waals surface area (Å²) in [6, 6.07) is 18.8. The highest BCUT2D eigenvalue weighted by atomic mass is 32.2. The minimum absolute atomic E-state index is 0.228. The number of aryl methyl sites for hydroxylation is 1. The van der Waals surface area contributed by atoms with Gasteiger partial charge in [-0.25, -0.2) is 0 Å². The highest BCUT2D eigenvalue weighted by Crippen LogP contribution is 2.20. The summed E-state index contributed by atoms with van der Waals surface area (Å²) < 4.78 is 0. The third-order valence-corrected chi connectivity index (χ3v) is 6.62. The molecule has 0 unspecified atom stereocenters. The van der Waals surface area contributed by atoms with E-state index in [1.54, 1.807) is 11.8 Å². The van der Waals surface area contributed by atoms with Crippen LogP contribution in [0.1, 0.15) is 24.0 Å². The lowest BCUT2D eigenvalue weighted by molar-refractivity contribution is -0.127. The van der Waals surface area contributed by atoms with E-state index in [0.717, 1.165) is 31.0 Å². The number of rotatable bonds is 8. The molecule has 1 heterocycles. The molecule has 4 heteroatoms. The topological polar surface area (TPSA) is 23.6 Å². The van der Waals surface area contributed by atoms with Gasteiger partial charge in [0.25, 0.3) is 0 Å². The van der Waals surface area contributed by atoms with Gasteiger partial charge in [0.05, 0.1) is 5.75 Å². The Balaban J connectivity index is 1.42. The fraction of sp³-hybridized carbons (Fsp3) is 0.458. The van der Waals surface area contributed by atoms with Gasteiger partial charge < -0.3 is 9.80 Å². The number of nitrogens with zero attached hydrogens (tertiary/aromatic N) is 2. The maximum Gasteiger partial charge on any atom is 0.232 e. The van der Waals surface area contributed by atoms with E-state index in [2.05, 4.69) is 48.2 Å². The van der Waals surface area contributed by atoms with Crippen molar-refractivity contribution in [3.8, 4) is 0 Å². The maximum atomic E-state index is 12.5. The summed E-state index contributed by atoms with van der Waals surface area (Å²) >= 11 is 1.62. The van der Waals surface area contributed by atoms with Crippen molar-refractivity contribution < 1.29 is 4.79 Å². The average Bonchev–Trinajstić information content (AvgIpc) is 2.72. The summed E-state index contributed by atoms with van der Waals surface area (Å²) in [4.78, 5) is 18.2. The predicted octanol–water partition coefficient (Wildman–Crippen LogP) is 4.50. The zero-order valence-electron chi connectivity index (χ0n) is 17.1. The number of likely N-dealkylation sites (tertiary alicyclic amines) is 1. The molecule has 1 atom stereocenters. The second kappa shape index (κ2) is 10.7. The predicted molar refractivity (Wildman–Crippen MR) is 119 cm³/mol. The number of carbonyl (C=O) groups is 1. The van der Waals surface area contributed by atoms with E-state index in [1.807, 2.05) is 30.1 Å². The molecule has 0 radical (unpaired) electrons. The summed E-state index contributed by atoms with van der Waals surface area (Å²) in [5.41, 5.74) is 2.84. The Labute approximate surface area is 174 Å². The molecule has 0 spiro atoms. The van der Waals surface area contributed by atoms with E-state index >= 15 is 0 Å². The van der Waals surface area contributed by atoms with Gasteiger partial charge in [-0.2, -0.15) is 0 Å². The third-order valence-electron chi connectivity index (χ3n) is 5.63. The lowest BCUT2D eigenvalue weighted by Gasteiger charge is -2.34. The molecule has 0 N–H and O–H groups in total. The smallest absolute Gasteiger partial charge is 0.232 e. The van der Waals surface area contributed by atoms with Crippen LogP contribution in [0.2, 0.25) is 0 Å². The molecule has 0 saturated carbocycles. The van der Waals surface area contributed by atoms with Gasteiger partial charge in [0.15, 0.2) is 0 Å². The average molecular weight is 397 g/mol. The lowest BCUT2D eigenvalue weighted by atomic mass is 9.96. The monoisotopic (exact) mass is 396 g/mol. The van der Waals surface area contributed by atoms with Crippen LogP contribution < -0.4 is 0 Å². The molecule has 0 bridgehead atoms. The van der Waals surface area contributed by atoms with Crippen LogP contribution in [0.3, 0.4) is 0 Å². The Bertz CT molecular complexity index is 749. The second-order valence-electron chi connectivity index (χ2n) is 7.86. The number of piperidine rings is 1. The SMILES string of the molecule is Cc1ccccc1CCN1CCC[C@@H](CN(C)C(=O)CSc2ccccc2)C1. The van der Waals surface area contributed by atoms with Crippen molar-refractivity contribution in [2.24, 2.45) is 5.92 Å².